The van der Waals surface area contributed by atoms with Crippen molar-refractivity contribution in [1.82, 2.24) is 4.98 Å². The van der Waals surface area contributed by atoms with Gasteiger partial charge in [-0.3, -0.25) is 4.98 Å². The standard InChI is InChI=1S/C9H13N3O/c10-8-5-11-3-1-9(8)12-7-2-4-13-6-7/h1,3,5,7H,2,4,6,10H2,(H,11,12). The number of nitrogens with zero attached hydrogens (tertiary/aromatic N) is 1. The van der Waals surface area contributed by atoms with E-state index in [9.17, 15) is 0 Å². The second-order valence-electron chi connectivity index (χ2n) is 3.17. The lowest BCUT2D eigenvalue weighted by Gasteiger charge is -2.13. The molecule has 0 aromatic carbocycles. The van der Waals surface area contributed by atoms with E-state index in [4.69, 9.17) is 10.5 Å². The van der Waals surface area contributed by atoms with Crippen molar-refractivity contribution in [2.45, 2.75) is 12.5 Å². The Morgan fingerprint density at radius 2 is 2.54 bits per heavy atom. The smallest absolute Gasteiger partial charge is 0.0736 e. The van der Waals surface area contributed by atoms with E-state index in [2.05, 4.69) is 10.3 Å². The minimum absolute atomic E-state index is 0.393. The fourth-order valence-electron chi connectivity index (χ4n) is 1.41. The second-order valence-corrected chi connectivity index (χ2v) is 3.17. The molecule has 70 valence electrons. The van der Waals surface area contributed by atoms with Gasteiger partial charge in [-0.15, -0.1) is 0 Å². The van der Waals surface area contributed by atoms with Crippen LogP contribution < -0.4 is 11.1 Å². The molecule has 0 radical (unpaired) electrons. The Kier molecular flexibility index (Phi) is 2.31. The van der Waals surface area contributed by atoms with Crippen molar-refractivity contribution in [2.75, 3.05) is 24.3 Å². The van der Waals surface area contributed by atoms with Gasteiger partial charge in [0.2, 0.25) is 0 Å². The molecule has 0 amide bonds. The third-order valence-corrected chi connectivity index (χ3v) is 2.14. The highest BCUT2D eigenvalue weighted by atomic mass is 16.5. The van der Waals surface area contributed by atoms with Crippen LogP contribution in [0.5, 0.6) is 0 Å². The summed E-state index contributed by atoms with van der Waals surface area (Å²) in [4.78, 5) is 3.92. The molecule has 1 aromatic heterocycles. The third-order valence-electron chi connectivity index (χ3n) is 2.14. The minimum Gasteiger partial charge on any atom is -0.396 e. The Morgan fingerprint density at radius 3 is 3.23 bits per heavy atom. The monoisotopic (exact) mass is 179 g/mol. The highest BCUT2D eigenvalue weighted by Gasteiger charge is 2.15. The first-order chi connectivity index (χ1) is 6.36. The number of anilines is 2. The van der Waals surface area contributed by atoms with Crippen molar-refractivity contribution in [3.8, 4) is 0 Å². The number of aromatic nitrogens is 1. The van der Waals surface area contributed by atoms with E-state index in [1.807, 2.05) is 6.07 Å². The average Bonchev–Trinajstić information content (AvgIpc) is 2.61. The van der Waals surface area contributed by atoms with Crippen LogP contribution in [0.4, 0.5) is 11.4 Å². The molecule has 0 saturated carbocycles. The van der Waals surface area contributed by atoms with Gasteiger partial charge in [-0.1, -0.05) is 0 Å². The van der Waals surface area contributed by atoms with Gasteiger partial charge in [0.1, 0.15) is 0 Å². The van der Waals surface area contributed by atoms with E-state index in [1.165, 1.54) is 0 Å². The Bertz CT molecular complexity index is 284. The van der Waals surface area contributed by atoms with Crippen LogP contribution in [0.25, 0.3) is 0 Å². The van der Waals surface area contributed by atoms with Crippen LogP contribution >= 0.6 is 0 Å². The second kappa shape index (κ2) is 3.62. The van der Waals surface area contributed by atoms with E-state index in [0.717, 1.165) is 25.3 Å². The number of nitrogen functional groups attached to an aromatic ring is 1. The van der Waals surface area contributed by atoms with Gasteiger partial charge in [0.25, 0.3) is 0 Å². The Morgan fingerprint density at radius 1 is 1.62 bits per heavy atom. The number of nitrogens with one attached hydrogen (secondary N) is 1. The summed E-state index contributed by atoms with van der Waals surface area (Å²) in [5, 5.41) is 3.32. The minimum atomic E-state index is 0.393. The molecule has 0 bridgehead atoms. The van der Waals surface area contributed by atoms with E-state index in [1.54, 1.807) is 12.4 Å². The summed E-state index contributed by atoms with van der Waals surface area (Å²) in [6.45, 7) is 1.60. The number of nitrogens with two attached hydrogens (primary N) is 1. The van der Waals surface area contributed by atoms with E-state index in [-0.39, 0.29) is 0 Å². The summed E-state index contributed by atoms with van der Waals surface area (Å²) in [6.07, 6.45) is 4.43. The van der Waals surface area contributed by atoms with Gasteiger partial charge >= 0.3 is 0 Å². The number of rotatable bonds is 2. The number of hydrogen-bond donors (Lipinski definition) is 2. The molecule has 1 saturated heterocycles. The number of hydrogen-bond acceptors (Lipinski definition) is 4. The van der Waals surface area contributed by atoms with Crippen molar-refractivity contribution in [3.63, 3.8) is 0 Å². The average molecular weight is 179 g/mol. The molecule has 13 heavy (non-hydrogen) atoms. The van der Waals surface area contributed by atoms with Gasteiger partial charge < -0.3 is 15.8 Å². The van der Waals surface area contributed by atoms with Gasteiger partial charge in [0.15, 0.2) is 0 Å². The molecule has 3 N–H and O–H groups in total. The molecule has 1 aliphatic rings. The summed E-state index contributed by atoms with van der Waals surface area (Å²) in [6, 6.07) is 2.28. The number of pyridine rings is 1. The maximum atomic E-state index is 5.73. The largest absolute Gasteiger partial charge is 0.396 e. The van der Waals surface area contributed by atoms with E-state index >= 15 is 0 Å². The number of ether oxygens (including phenoxy) is 1. The Hall–Kier alpha value is -1.29. The van der Waals surface area contributed by atoms with Crippen LogP contribution in [0.2, 0.25) is 0 Å². The molecule has 0 spiro atoms. The summed E-state index contributed by atoms with van der Waals surface area (Å²) in [7, 11) is 0. The molecule has 1 unspecified atom stereocenters. The quantitative estimate of drug-likeness (QED) is 0.707. The Labute approximate surface area is 77.1 Å². The molecule has 1 atom stereocenters. The van der Waals surface area contributed by atoms with Gasteiger partial charge in [-0.25, -0.2) is 0 Å². The zero-order chi connectivity index (χ0) is 9.10. The maximum Gasteiger partial charge on any atom is 0.0736 e. The van der Waals surface area contributed by atoms with Gasteiger partial charge in [-0.05, 0) is 12.5 Å². The fraction of sp³-hybridized carbons (Fsp3) is 0.444. The molecule has 0 aliphatic carbocycles. The van der Waals surface area contributed by atoms with Crippen molar-refractivity contribution < 1.29 is 4.74 Å². The Balaban J connectivity index is 2.04. The van der Waals surface area contributed by atoms with Crippen LogP contribution in [-0.2, 0) is 4.74 Å². The van der Waals surface area contributed by atoms with E-state index < -0.39 is 0 Å². The zero-order valence-corrected chi connectivity index (χ0v) is 7.36. The SMILES string of the molecule is Nc1cnccc1NC1CCOC1. The first kappa shape index (κ1) is 8.31. The van der Waals surface area contributed by atoms with Crippen molar-refractivity contribution in [1.29, 1.82) is 0 Å². The van der Waals surface area contributed by atoms with Crippen LogP contribution in [-0.4, -0.2) is 24.2 Å². The molecule has 2 rings (SSSR count). The molecular formula is C9H13N3O. The van der Waals surface area contributed by atoms with Crippen molar-refractivity contribution in [2.24, 2.45) is 0 Å². The summed E-state index contributed by atoms with van der Waals surface area (Å²) in [5.41, 5.74) is 7.37. The predicted molar refractivity (Wildman–Crippen MR) is 51.5 cm³/mol. The first-order valence-corrected chi connectivity index (χ1v) is 4.40. The van der Waals surface area contributed by atoms with Gasteiger partial charge in [0, 0.05) is 12.8 Å². The zero-order valence-electron chi connectivity index (χ0n) is 7.36. The van der Waals surface area contributed by atoms with Crippen molar-refractivity contribution in [3.05, 3.63) is 18.5 Å². The first-order valence-electron chi connectivity index (χ1n) is 4.40. The molecule has 1 aromatic rings. The molecule has 4 nitrogen and oxygen atoms in total. The van der Waals surface area contributed by atoms with Crippen LogP contribution in [0.3, 0.4) is 0 Å². The van der Waals surface area contributed by atoms with Crippen LogP contribution in [0.1, 0.15) is 6.42 Å². The summed E-state index contributed by atoms with van der Waals surface area (Å²) >= 11 is 0. The highest BCUT2D eigenvalue weighted by Crippen LogP contribution is 2.18. The van der Waals surface area contributed by atoms with Crippen LogP contribution in [0.15, 0.2) is 18.5 Å². The van der Waals surface area contributed by atoms with Crippen LogP contribution in [0, 0.1) is 0 Å². The van der Waals surface area contributed by atoms with Crippen molar-refractivity contribution >= 4 is 11.4 Å². The fourth-order valence-corrected chi connectivity index (χ4v) is 1.41. The topological polar surface area (TPSA) is 60.2 Å². The van der Waals surface area contributed by atoms with Gasteiger partial charge in [-0.2, -0.15) is 0 Å². The molecule has 1 fully saturated rings. The predicted octanol–water partition coefficient (Wildman–Crippen LogP) is 0.865. The molecular weight excluding hydrogens is 166 g/mol. The normalized spacial score (nSPS) is 21.7. The molecule has 4 heteroatoms. The van der Waals surface area contributed by atoms with E-state index in [0.29, 0.717) is 11.7 Å². The van der Waals surface area contributed by atoms with Gasteiger partial charge in [0.05, 0.1) is 30.2 Å². The lowest BCUT2D eigenvalue weighted by atomic mass is 10.2. The maximum absolute atomic E-state index is 5.73. The third kappa shape index (κ3) is 1.89. The lowest BCUT2D eigenvalue weighted by Crippen LogP contribution is -2.19. The summed E-state index contributed by atoms with van der Waals surface area (Å²) < 4.78 is 5.25. The summed E-state index contributed by atoms with van der Waals surface area (Å²) in [5.74, 6) is 0. The molecule has 2 heterocycles. The molecule has 1 aliphatic heterocycles. The highest BCUT2D eigenvalue weighted by molar-refractivity contribution is 5.64. The lowest BCUT2D eigenvalue weighted by molar-refractivity contribution is 0.195.